The van der Waals surface area contributed by atoms with E-state index in [1.807, 2.05) is 31.2 Å². The molecule has 35 heavy (non-hydrogen) atoms. The van der Waals surface area contributed by atoms with Crippen LogP contribution in [0.25, 0.3) is 0 Å². The third-order valence-electron chi connectivity index (χ3n) is 5.36. The highest BCUT2D eigenvalue weighted by Crippen LogP contribution is 2.47. The van der Waals surface area contributed by atoms with Crippen LogP contribution >= 0.6 is 23.4 Å². The predicted molar refractivity (Wildman–Crippen MR) is 126 cm³/mol. The van der Waals surface area contributed by atoms with E-state index in [1.54, 1.807) is 6.07 Å². The number of hydrogen-bond acceptors (Lipinski definition) is 5. The molecule has 184 valence electrons. The van der Waals surface area contributed by atoms with Gasteiger partial charge in [0.2, 0.25) is 5.91 Å². The number of anilines is 1. The zero-order valence-corrected chi connectivity index (χ0v) is 20.0. The Labute approximate surface area is 207 Å². The first kappa shape index (κ1) is 25.1. The third-order valence-corrected chi connectivity index (χ3v) is 6.71. The minimum Gasteiger partial charge on any atom is -0.326 e. The van der Waals surface area contributed by atoms with Crippen LogP contribution in [0, 0.1) is 17.0 Å². The van der Waals surface area contributed by atoms with Gasteiger partial charge in [0.25, 0.3) is 5.69 Å². The topological polar surface area (TPSA) is 90.1 Å². The Balaban J connectivity index is 1.48. The number of carbonyl (C=O) groups excluding carboxylic acids is 1. The number of alkyl halides is 3. The average Bonchev–Trinajstić information content (AvgIpc) is 3.55. The average molecular weight is 525 g/mol. The Kier molecular flexibility index (Phi) is 7.09. The molecular formula is C23H20ClF3N4O3S. The van der Waals surface area contributed by atoms with Crippen LogP contribution < -0.4 is 5.32 Å². The molecule has 3 aromatic rings. The van der Waals surface area contributed by atoms with E-state index in [9.17, 15) is 28.1 Å². The molecule has 1 amide bonds. The van der Waals surface area contributed by atoms with Crippen molar-refractivity contribution in [2.45, 2.75) is 54.6 Å². The van der Waals surface area contributed by atoms with E-state index in [2.05, 4.69) is 10.4 Å². The van der Waals surface area contributed by atoms with E-state index in [0.717, 1.165) is 15.1 Å². The van der Waals surface area contributed by atoms with E-state index < -0.39 is 27.7 Å². The van der Waals surface area contributed by atoms with E-state index >= 15 is 0 Å². The van der Waals surface area contributed by atoms with Gasteiger partial charge in [-0.1, -0.05) is 41.1 Å². The van der Waals surface area contributed by atoms with Gasteiger partial charge in [0.05, 0.1) is 22.2 Å². The van der Waals surface area contributed by atoms with E-state index in [0.29, 0.717) is 23.4 Å². The fourth-order valence-electron chi connectivity index (χ4n) is 3.54. The molecule has 0 saturated heterocycles. The summed E-state index contributed by atoms with van der Waals surface area (Å²) in [6, 6.07) is 11.9. The van der Waals surface area contributed by atoms with E-state index in [-0.39, 0.29) is 30.3 Å². The minimum absolute atomic E-state index is 0.104. The lowest BCUT2D eigenvalue weighted by molar-refractivity contribution is -0.385. The van der Waals surface area contributed by atoms with Crippen LogP contribution in [0.2, 0.25) is 5.02 Å². The molecule has 1 aliphatic carbocycles. The quantitative estimate of drug-likeness (QED) is 0.258. The van der Waals surface area contributed by atoms with Crippen LogP contribution in [-0.4, -0.2) is 20.6 Å². The number of rotatable bonds is 8. The van der Waals surface area contributed by atoms with Crippen molar-refractivity contribution in [3.8, 4) is 0 Å². The van der Waals surface area contributed by atoms with Gasteiger partial charge >= 0.3 is 6.18 Å². The number of aromatic nitrogens is 2. The molecule has 1 N–H and O–H groups in total. The molecule has 4 rings (SSSR count). The summed E-state index contributed by atoms with van der Waals surface area (Å²) in [5, 5.41) is 17.2. The van der Waals surface area contributed by atoms with Gasteiger partial charge in [-0.3, -0.25) is 19.6 Å². The number of halogens is 4. The number of nitrogens with zero attached hydrogens (tertiary/aromatic N) is 3. The van der Waals surface area contributed by atoms with Crippen molar-refractivity contribution < 1.29 is 22.9 Å². The van der Waals surface area contributed by atoms with Crippen molar-refractivity contribution in [3.63, 3.8) is 0 Å². The maximum atomic E-state index is 13.2. The molecule has 0 aliphatic heterocycles. The molecule has 0 bridgehead atoms. The van der Waals surface area contributed by atoms with Crippen LogP contribution in [0.4, 0.5) is 24.5 Å². The SMILES string of the molecule is Cc1ccc(Sc2cc(NC(=O)CCn3nc(C(F)(F)F)c(Cl)c3C3CC3)cc([N+](=O)[O-])c2)cc1. The summed E-state index contributed by atoms with van der Waals surface area (Å²) in [5.74, 6) is -0.619. The summed E-state index contributed by atoms with van der Waals surface area (Å²) in [6.45, 7) is 1.84. The van der Waals surface area contributed by atoms with Gasteiger partial charge in [0, 0.05) is 39.9 Å². The Morgan fingerprint density at radius 2 is 1.91 bits per heavy atom. The lowest BCUT2D eigenvalue weighted by Crippen LogP contribution is -2.16. The standard InChI is InChI=1S/C23H20ClF3N4O3S/c1-13-2-6-17(7-3-13)35-18-11-15(10-16(12-18)31(33)34)28-19(32)8-9-30-21(14-4-5-14)20(24)22(29-30)23(25,26)27/h2-3,6-7,10-12,14H,4-5,8-9H2,1H3,(H,28,32). The number of amides is 1. The molecule has 1 saturated carbocycles. The second-order valence-electron chi connectivity index (χ2n) is 8.23. The van der Waals surface area contributed by atoms with Gasteiger partial charge < -0.3 is 5.32 Å². The number of nitro groups is 1. The Bertz CT molecular complexity index is 1270. The van der Waals surface area contributed by atoms with E-state index in [4.69, 9.17) is 11.6 Å². The number of hydrogen-bond donors (Lipinski definition) is 1. The molecule has 12 heteroatoms. The molecule has 1 aromatic heterocycles. The lowest BCUT2D eigenvalue weighted by Gasteiger charge is -2.10. The van der Waals surface area contributed by atoms with Crippen molar-refractivity contribution in [1.82, 2.24) is 9.78 Å². The Hall–Kier alpha value is -3.05. The van der Waals surface area contributed by atoms with Crippen LogP contribution in [0.5, 0.6) is 0 Å². The molecule has 0 radical (unpaired) electrons. The molecule has 0 spiro atoms. The van der Waals surface area contributed by atoms with Crippen molar-refractivity contribution in [2.75, 3.05) is 5.32 Å². The molecule has 7 nitrogen and oxygen atoms in total. The summed E-state index contributed by atoms with van der Waals surface area (Å²) in [4.78, 5) is 24.8. The van der Waals surface area contributed by atoms with Gasteiger partial charge in [0.15, 0.2) is 5.69 Å². The van der Waals surface area contributed by atoms with Crippen LogP contribution in [-0.2, 0) is 17.5 Å². The summed E-state index contributed by atoms with van der Waals surface area (Å²) >= 11 is 7.27. The number of benzene rings is 2. The van der Waals surface area contributed by atoms with Gasteiger partial charge in [-0.05, 0) is 38.0 Å². The fourth-order valence-corrected chi connectivity index (χ4v) is 4.85. The smallest absolute Gasteiger partial charge is 0.326 e. The lowest BCUT2D eigenvalue weighted by atomic mass is 10.2. The van der Waals surface area contributed by atoms with Crippen molar-refractivity contribution in [2.24, 2.45) is 0 Å². The summed E-state index contributed by atoms with van der Waals surface area (Å²) < 4.78 is 40.8. The summed E-state index contributed by atoms with van der Waals surface area (Å²) in [7, 11) is 0. The van der Waals surface area contributed by atoms with Gasteiger partial charge in [-0.2, -0.15) is 18.3 Å². The highest BCUT2D eigenvalue weighted by Gasteiger charge is 2.42. The zero-order valence-electron chi connectivity index (χ0n) is 18.4. The van der Waals surface area contributed by atoms with Gasteiger partial charge in [-0.15, -0.1) is 0 Å². The number of carbonyl (C=O) groups is 1. The van der Waals surface area contributed by atoms with Crippen LogP contribution in [0.1, 0.15) is 42.1 Å². The zero-order chi connectivity index (χ0) is 25.3. The third kappa shape index (κ3) is 6.15. The highest BCUT2D eigenvalue weighted by atomic mass is 35.5. The molecule has 1 fully saturated rings. The van der Waals surface area contributed by atoms with Crippen molar-refractivity contribution in [3.05, 3.63) is 74.6 Å². The molecule has 0 atom stereocenters. The number of non-ortho nitro benzene ring substituents is 1. The maximum absolute atomic E-state index is 13.2. The maximum Gasteiger partial charge on any atom is 0.436 e. The van der Waals surface area contributed by atoms with E-state index in [1.165, 1.54) is 23.9 Å². The summed E-state index contributed by atoms with van der Waals surface area (Å²) in [5.41, 5.74) is 0.238. The molecule has 1 heterocycles. The normalized spacial score (nSPS) is 13.6. The largest absolute Gasteiger partial charge is 0.436 e. The first-order chi connectivity index (χ1) is 16.5. The number of nitro benzene ring substituents is 1. The van der Waals surface area contributed by atoms with Crippen LogP contribution in [0.15, 0.2) is 52.3 Å². The second-order valence-corrected chi connectivity index (χ2v) is 9.75. The number of aryl methyl sites for hydroxylation is 2. The predicted octanol–water partition coefficient (Wildman–Crippen LogP) is 6.83. The monoisotopic (exact) mass is 524 g/mol. The van der Waals surface area contributed by atoms with Gasteiger partial charge in [0.1, 0.15) is 0 Å². The molecule has 0 unspecified atom stereocenters. The molecule has 2 aromatic carbocycles. The first-order valence-electron chi connectivity index (χ1n) is 10.7. The van der Waals surface area contributed by atoms with Crippen molar-refractivity contribution in [1.29, 1.82) is 0 Å². The molecular weight excluding hydrogens is 505 g/mol. The second kappa shape index (κ2) is 9.90. The highest BCUT2D eigenvalue weighted by molar-refractivity contribution is 7.99. The fraction of sp³-hybridized carbons (Fsp3) is 0.304. The van der Waals surface area contributed by atoms with Crippen molar-refractivity contribution >= 4 is 40.6 Å². The Morgan fingerprint density at radius 1 is 1.23 bits per heavy atom. The Morgan fingerprint density at radius 3 is 2.51 bits per heavy atom. The minimum atomic E-state index is -4.69. The van der Waals surface area contributed by atoms with Crippen LogP contribution in [0.3, 0.4) is 0 Å². The number of nitrogens with one attached hydrogen (secondary N) is 1. The van der Waals surface area contributed by atoms with Gasteiger partial charge in [-0.25, -0.2) is 0 Å². The molecule has 1 aliphatic rings. The summed E-state index contributed by atoms with van der Waals surface area (Å²) in [6.07, 6.45) is -3.45. The first-order valence-corrected chi connectivity index (χ1v) is 11.9.